The monoisotopic (exact) mass is 441 g/mol. The molecule has 3 aromatic rings. The summed E-state index contributed by atoms with van der Waals surface area (Å²) in [4.78, 5) is 34.7. The molecule has 1 fully saturated rings. The Morgan fingerprint density at radius 2 is 1.97 bits per heavy atom. The lowest BCUT2D eigenvalue weighted by atomic mass is 9.77. The number of carbonyl (C=O) groups excluding carboxylic acids is 2. The zero-order chi connectivity index (χ0) is 21.3. The van der Waals surface area contributed by atoms with Crippen LogP contribution in [0.5, 0.6) is 0 Å². The first kappa shape index (κ1) is 21.0. The maximum Gasteiger partial charge on any atom is 0.226 e. The molecule has 1 saturated heterocycles. The SMILES string of the molecule is CC(C)(C)[C@H](Cc1cccs1)C(=O)N1CCN(c2nc3ccc(C=O)cc3s2)CC1. The molecule has 0 bridgehead atoms. The van der Waals surface area contributed by atoms with Crippen LogP contribution in [0.4, 0.5) is 5.13 Å². The number of benzene rings is 1. The zero-order valence-corrected chi connectivity index (χ0v) is 19.3. The molecule has 1 atom stereocenters. The summed E-state index contributed by atoms with van der Waals surface area (Å²) in [6.45, 7) is 9.47. The number of hydrogen-bond donors (Lipinski definition) is 0. The van der Waals surface area contributed by atoms with Gasteiger partial charge in [0.2, 0.25) is 5.91 Å². The van der Waals surface area contributed by atoms with Crippen LogP contribution in [-0.2, 0) is 11.2 Å². The highest BCUT2D eigenvalue weighted by atomic mass is 32.1. The lowest BCUT2D eigenvalue weighted by Gasteiger charge is -2.39. The van der Waals surface area contributed by atoms with Crippen molar-refractivity contribution in [2.45, 2.75) is 27.2 Å². The summed E-state index contributed by atoms with van der Waals surface area (Å²) in [5.41, 5.74) is 1.51. The van der Waals surface area contributed by atoms with Crippen molar-refractivity contribution in [1.29, 1.82) is 0 Å². The first-order valence-corrected chi connectivity index (χ1v) is 12.0. The highest BCUT2D eigenvalue weighted by Gasteiger charge is 2.36. The van der Waals surface area contributed by atoms with Gasteiger partial charge in [-0.05, 0) is 41.5 Å². The van der Waals surface area contributed by atoms with E-state index < -0.39 is 0 Å². The van der Waals surface area contributed by atoms with Gasteiger partial charge in [0.05, 0.1) is 10.2 Å². The van der Waals surface area contributed by atoms with Crippen molar-refractivity contribution in [1.82, 2.24) is 9.88 Å². The van der Waals surface area contributed by atoms with Crippen molar-refractivity contribution in [3.63, 3.8) is 0 Å². The topological polar surface area (TPSA) is 53.5 Å². The fourth-order valence-electron chi connectivity index (χ4n) is 3.87. The second kappa shape index (κ2) is 8.47. The Hall–Kier alpha value is -2.25. The number of aromatic nitrogens is 1. The summed E-state index contributed by atoms with van der Waals surface area (Å²) < 4.78 is 1.02. The van der Waals surface area contributed by atoms with Crippen LogP contribution in [0.15, 0.2) is 35.7 Å². The molecule has 30 heavy (non-hydrogen) atoms. The van der Waals surface area contributed by atoms with E-state index in [1.165, 1.54) is 4.88 Å². The highest BCUT2D eigenvalue weighted by Crippen LogP contribution is 2.33. The number of hydrogen-bond acceptors (Lipinski definition) is 6. The first-order chi connectivity index (χ1) is 14.3. The Bertz CT molecular complexity index is 1030. The molecule has 2 aromatic heterocycles. The van der Waals surface area contributed by atoms with Crippen LogP contribution in [0.3, 0.4) is 0 Å². The molecule has 3 heterocycles. The Balaban J connectivity index is 1.44. The molecule has 1 aromatic carbocycles. The summed E-state index contributed by atoms with van der Waals surface area (Å²) in [6, 6.07) is 9.77. The minimum Gasteiger partial charge on any atom is -0.345 e. The molecule has 0 aliphatic carbocycles. The summed E-state index contributed by atoms with van der Waals surface area (Å²) in [5.74, 6) is 0.238. The van der Waals surface area contributed by atoms with E-state index in [1.807, 2.05) is 17.0 Å². The third-order valence-electron chi connectivity index (χ3n) is 5.73. The maximum absolute atomic E-state index is 13.4. The van der Waals surface area contributed by atoms with Gasteiger partial charge in [-0.3, -0.25) is 9.59 Å². The number of piperazine rings is 1. The molecule has 4 rings (SSSR count). The molecule has 1 aliphatic heterocycles. The molecule has 0 N–H and O–H groups in total. The molecule has 0 unspecified atom stereocenters. The second-order valence-electron chi connectivity index (χ2n) is 8.86. The lowest BCUT2D eigenvalue weighted by Crippen LogP contribution is -2.52. The quantitative estimate of drug-likeness (QED) is 0.538. The lowest BCUT2D eigenvalue weighted by molar-refractivity contribution is -0.139. The summed E-state index contributed by atoms with van der Waals surface area (Å²) in [5, 5.41) is 3.04. The van der Waals surface area contributed by atoms with Crippen molar-refractivity contribution < 1.29 is 9.59 Å². The van der Waals surface area contributed by atoms with Crippen molar-refractivity contribution in [3.8, 4) is 0 Å². The first-order valence-electron chi connectivity index (χ1n) is 10.3. The van der Waals surface area contributed by atoms with Crippen molar-refractivity contribution >= 4 is 50.2 Å². The Labute approximate surface area is 185 Å². The molecule has 158 valence electrons. The number of anilines is 1. The van der Waals surface area contributed by atoms with Gasteiger partial charge in [-0.25, -0.2) is 4.98 Å². The van der Waals surface area contributed by atoms with Gasteiger partial charge in [-0.1, -0.05) is 38.2 Å². The Kier molecular flexibility index (Phi) is 5.93. The summed E-state index contributed by atoms with van der Waals surface area (Å²) in [7, 11) is 0. The van der Waals surface area contributed by atoms with Gasteiger partial charge >= 0.3 is 0 Å². The average Bonchev–Trinajstić information content (AvgIpc) is 3.39. The molecule has 0 saturated carbocycles. The summed E-state index contributed by atoms with van der Waals surface area (Å²) >= 11 is 3.34. The third-order valence-corrected chi connectivity index (χ3v) is 7.71. The van der Waals surface area contributed by atoms with E-state index in [9.17, 15) is 9.59 Å². The van der Waals surface area contributed by atoms with E-state index in [2.05, 4.69) is 43.2 Å². The van der Waals surface area contributed by atoms with Crippen molar-refractivity contribution in [2.75, 3.05) is 31.1 Å². The Morgan fingerprint density at radius 3 is 2.60 bits per heavy atom. The number of amides is 1. The van der Waals surface area contributed by atoms with Crippen LogP contribution in [0.2, 0.25) is 0 Å². The molecular formula is C23H27N3O2S2. The highest BCUT2D eigenvalue weighted by molar-refractivity contribution is 7.22. The van der Waals surface area contributed by atoms with Gasteiger partial charge in [-0.2, -0.15) is 0 Å². The van der Waals surface area contributed by atoms with Crippen LogP contribution in [0, 0.1) is 11.3 Å². The van der Waals surface area contributed by atoms with E-state index in [1.54, 1.807) is 28.7 Å². The fraction of sp³-hybridized carbons (Fsp3) is 0.435. The van der Waals surface area contributed by atoms with E-state index in [0.717, 1.165) is 41.1 Å². The van der Waals surface area contributed by atoms with Gasteiger partial charge in [0.1, 0.15) is 6.29 Å². The van der Waals surface area contributed by atoms with Crippen LogP contribution in [-0.4, -0.2) is 48.3 Å². The van der Waals surface area contributed by atoms with Crippen molar-refractivity contribution in [2.24, 2.45) is 11.3 Å². The minimum absolute atomic E-state index is 0.0214. The van der Waals surface area contributed by atoms with Crippen LogP contribution < -0.4 is 4.90 Å². The molecule has 7 heteroatoms. The molecule has 5 nitrogen and oxygen atoms in total. The molecular weight excluding hydrogens is 414 g/mol. The predicted molar refractivity (Wildman–Crippen MR) is 125 cm³/mol. The number of rotatable bonds is 5. The van der Waals surface area contributed by atoms with E-state index >= 15 is 0 Å². The summed E-state index contributed by atoms with van der Waals surface area (Å²) in [6.07, 6.45) is 1.67. The molecule has 1 aliphatic rings. The van der Waals surface area contributed by atoms with E-state index in [4.69, 9.17) is 4.98 Å². The number of carbonyl (C=O) groups is 2. The number of thiophene rings is 1. The van der Waals surface area contributed by atoms with E-state index in [0.29, 0.717) is 18.7 Å². The maximum atomic E-state index is 13.4. The standard InChI is InChI=1S/C23H27N3O2S2/c1-23(2,3)18(14-17-5-4-12-29-17)21(28)25-8-10-26(11-9-25)22-24-19-7-6-16(15-27)13-20(19)30-22/h4-7,12-13,15,18H,8-11,14H2,1-3H3/t18-/m1/s1. The van der Waals surface area contributed by atoms with Gasteiger partial charge in [0, 0.05) is 42.5 Å². The fourth-order valence-corrected chi connectivity index (χ4v) is 5.69. The largest absolute Gasteiger partial charge is 0.345 e. The van der Waals surface area contributed by atoms with Gasteiger partial charge in [-0.15, -0.1) is 11.3 Å². The third kappa shape index (κ3) is 4.42. The Morgan fingerprint density at radius 1 is 1.20 bits per heavy atom. The van der Waals surface area contributed by atoms with E-state index in [-0.39, 0.29) is 17.2 Å². The number of aldehydes is 1. The van der Waals surface area contributed by atoms with Crippen LogP contribution >= 0.6 is 22.7 Å². The van der Waals surface area contributed by atoms with Gasteiger partial charge in [0.25, 0.3) is 0 Å². The molecule has 0 radical (unpaired) electrons. The minimum atomic E-state index is -0.0818. The van der Waals surface area contributed by atoms with Crippen molar-refractivity contribution in [3.05, 3.63) is 46.2 Å². The number of fused-ring (bicyclic) bond motifs is 1. The molecule has 1 amide bonds. The van der Waals surface area contributed by atoms with Crippen LogP contribution in [0.1, 0.15) is 36.0 Å². The second-order valence-corrected chi connectivity index (χ2v) is 10.9. The van der Waals surface area contributed by atoms with Gasteiger partial charge < -0.3 is 9.80 Å². The number of thiazole rings is 1. The zero-order valence-electron chi connectivity index (χ0n) is 17.6. The normalized spacial score (nSPS) is 16.1. The predicted octanol–water partition coefficient (Wildman–Crippen LogP) is 4.72. The molecule has 0 spiro atoms. The van der Waals surface area contributed by atoms with Crippen LogP contribution in [0.25, 0.3) is 10.2 Å². The smallest absolute Gasteiger partial charge is 0.226 e. The van der Waals surface area contributed by atoms with Gasteiger partial charge in [0.15, 0.2) is 5.13 Å². The number of nitrogens with zero attached hydrogens (tertiary/aromatic N) is 3. The average molecular weight is 442 g/mol.